The number of carbonyl (C=O) groups is 2. The van der Waals surface area contributed by atoms with Gasteiger partial charge < -0.3 is 10.0 Å². The summed E-state index contributed by atoms with van der Waals surface area (Å²) in [5.74, 6) is -1.17. The van der Waals surface area contributed by atoms with Crippen LogP contribution in [0.1, 0.15) is 42.5 Å². The smallest absolute Gasteiger partial charge is 0.326 e. The van der Waals surface area contributed by atoms with E-state index in [0.29, 0.717) is 24.8 Å². The van der Waals surface area contributed by atoms with Gasteiger partial charge in [-0.2, -0.15) is 0 Å². The quantitative estimate of drug-likeness (QED) is 0.880. The van der Waals surface area contributed by atoms with Crippen LogP contribution in [-0.4, -0.2) is 44.0 Å². The summed E-state index contributed by atoms with van der Waals surface area (Å²) in [4.78, 5) is 44.4. The standard InChI is InChI=1S/C18H21N3O4S/c22-14(21-8-3-5-12(21)18(24)25)7-9-20-10-19-16-15(17(20)23)11-4-1-2-6-13(11)26-16/h10,12H,1-9H2,(H,24,25)/t12-/m0/s1. The molecule has 1 atom stereocenters. The van der Waals surface area contributed by atoms with E-state index in [2.05, 4.69) is 4.98 Å². The molecule has 4 rings (SSSR count). The van der Waals surface area contributed by atoms with Crippen molar-refractivity contribution < 1.29 is 14.7 Å². The molecule has 7 nitrogen and oxygen atoms in total. The number of aliphatic carboxylic acids is 1. The van der Waals surface area contributed by atoms with Crippen molar-refractivity contribution in [3.63, 3.8) is 0 Å². The van der Waals surface area contributed by atoms with Crippen molar-refractivity contribution in [2.75, 3.05) is 6.54 Å². The van der Waals surface area contributed by atoms with E-state index in [1.54, 1.807) is 11.3 Å². The lowest BCUT2D eigenvalue weighted by atomic mass is 9.97. The minimum absolute atomic E-state index is 0.0848. The number of likely N-dealkylation sites (tertiary alicyclic amines) is 1. The fraction of sp³-hybridized carbons (Fsp3) is 0.556. The molecule has 0 saturated carbocycles. The van der Waals surface area contributed by atoms with Crippen LogP contribution < -0.4 is 5.56 Å². The second-order valence-electron chi connectivity index (χ2n) is 6.97. The van der Waals surface area contributed by atoms with Crippen LogP contribution in [0.3, 0.4) is 0 Å². The molecule has 1 amide bonds. The first-order valence-corrected chi connectivity index (χ1v) is 9.90. The average molecular weight is 375 g/mol. The van der Waals surface area contributed by atoms with E-state index < -0.39 is 12.0 Å². The third-order valence-electron chi connectivity index (χ3n) is 5.37. The zero-order valence-corrected chi connectivity index (χ0v) is 15.3. The fourth-order valence-corrected chi connectivity index (χ4v) is 5.24. The van der Waals surface area contributed by atoms with Gasteiger partial charge in [0, 0.05) is 24.4 Å². The molecule has 2 aliphatic rings. The summed E-state index contributed by atoms with van der Waals surface area (Å²) in [5.41, 5.74) is 1.05. The third kappa shape index (κ3) is 2.92. The highest BCUT2D eigenvalue weighted by Crippen LogP contribution is 2.33. The molecule has 2 aromatic heterocycles. The molecule has 1 fully saturated rings. The molecule has 0 radical (unpaired) electrons. The molecule has 1 aliphatic carbocycles. The molecule has 3 heterocycles. The first-order valence-electron chi connectivity index (χ1n) is 9.08. The van der Waals surface area contributed by atoms with Gasteiger partial charge in [0.05, 0.1) is 11.7 Å². The highest BCUT2D eigenvalue weighted by atomic mass is 32.1. The highest BCUT2D eigenvalue weighted by molar-refractivity contribution is 7.18. The maximum absolute atomic E-state index is 12.9. The first kappa shape index (κ1) is 17.2. The van der Waals surface area contributed by atoms with Gasteiger partial charge in [-0.15, -0.1) is 11.3 Å². The molecule has 2 aromatic rings. The Labute approximate surface area is 154 Å². The lowest BCUT2D eigenvalue weighted by molar-refractivity contribution is -0.148. The van der Waals surface area contributed by atoms with Crippen LogP contribution in [0.4, 0.5) is 0 Å². The number of carboxylic acids is 1. The number of nitrogens with zero attached hydrogens (tertiary/aromatic N) is 3. The Kier molecular flexibility index (Phi) is 4.52. The van der Waals surface area contributed by atoms with Crippen LogP contribution in [0.2, 0.25) is 0 Å². The molecular formula is C18H21N3O4S. The summed E-state index contributed by atoms with van der Waals surface area (Å²) in [6.45, 7) is 0.702. The molecular weight excluding hydrogens is 354 g/mol. The number of rotatable bonds is 4. The van der Waals surface area contributed by atoms with Crippen molar-refractivity contribution in [2.24, 2.45) is 0 Å². The van der Waals surface area contributed by atoms with E-state index in [-0.39, 0.29) is 24.4 Å². The van der Waals surface area contributed by atoms with Crippen molar-refractivity contribution in [2.45, 2.75) is 57.5 Å². The van der Waals surface area contributed by atoms with Gasteiger partial charge in [0.15, 0.2) is 0 Å². The van der Waals surface area contributed by atoms with Crippen molar-refractivity contribution in [1.29, 1.82) is 0 Å². The van der Waals surface area contributed by atoms with E-state index in [1.807, 2.05) is 0 Å². The third-order valence-corrected chi connectivity index (χ3v) is 6.57. The SMILES string of the molecule is O=C(O)[C@@H]1CCCN1C(=O)CCn1cnc2sc3c(c2c1=O)CCCC3. The molecule has 26 heavy (non-hydrogen) atoms. The van der Waals surface area contributed by atoms with Gasteiger partial charge in [0.25, 0.3) is 5.56 Å². The molecule has 1 saturated heterocycles. The number of thiophene rings is 1. The number of aromatic nitrogens is 2. The molecule has 0 bridgehead atoms. The molecule has 0 spiro atoms. The summed E-state index contributed by atoms with van der Waals surface area (Å²) in [6, 6.07) is -0.733. The zero-order valence-electron chi connectivity index (χ0n) is 14.4. The van der Waals surface area contributed by atoms with Crippen LogP contribution in [0, 0.1) is 0 Å². The van der Waals surface area contributed by atoms with Crippen molar-refractivity contribution >= 4 is 33.4 Å². The van der Waals surface area contributed by atoms with Crippen molar-refractivity contribution in [3.05, 3.63) is 27.1 Å². The number of hydrogen-bond acceptors (Lipinski definition) is 5. The molecule has 8 heteroatoms. The maximum Gasteiger partial charge on any atom is 0.326 e. The van der Waals surface area contributed by atoms with E-state index >= 15 is 0 Å². The summed E-state index contributed by atoms with van der Waals surface area (Å²) < 4.78 is 1.49. The van der Waals surface area contributed by atoms with Crippen LogP contribution in [0.15, 0.2) is 11.1 Å². The molecule has 0 unspecified atom stereocenters. The predicted molar refractivity (Wildman–Crippen MR) is 97.5 cm³/mol. The lowest BCUT2D eigenvalue weighted by Gasteiger charge is -2.21. The van der Waals surface area contributed by atoms with Crippen LogP contribution in [-0.2, 0) is 29.0 Å². The summed E-state index contributed by atoms with van der Waals surface area (Å²) >= 11 is 1.61. The minimum Gasteiger partial charge on any atom is -0.480 e. The van der Waals surface area contributed by atoms with Crippen molar-refractivity contribution in [3.8, 4) is 0 Å². The number of aryl methyl sites for hydroxylation is 3. The molecule has 1 N–H and O–H groups in total. The number of hydrogen-bond donors (Lipinski definition) is 1. The number of fused-ring (bicyclic) bond motifs is 3. The summed E-state index contributed by atoms with van der Waals surface area (Å²) in [6.07, 6.45) is 7.01. The van der Waals surface area contributed by atoms with Crippen LogP contribution in [0.25, 0.3) is 10.2 Å². The number of amides is 1. The van der Waals surface area contributed by atoms with E-state index in [0.717, 1.165) is 36.1 Å². The largest absolute Gasteiger partial charge is 0.480 e. The Hall–Kier alpha value is -2.22. The average Bonchev–Trinajstić information content (AvgIpc) is 3.25. The normalized spacial score (nSPS) is 19.7. The second-order valence-corrected chi connectivity index (χ2v) is 8.05. The first-order chi connectivity index (χ1) is 12.6. The van der Waals surface area contributed by atoms with Crippen molar-refractivity contribution in [1.82, 2.24) is 14.5 Å². The Morgan fingerprint density at radius 2 is 2.08 bits per heavy atom. The van der Waals surface area contributed by atoms with E-state index in [9.17, 15) is 19.5 Å². The van der Waals surface area contributed by atoms with Crippen LogP contribution in [0.5, 0.6) is 0 Å². The van der Waals surface area contributed by atoms with Gasteiger partial charge in [-0.05, 0) is 44.1 Å². The molecule has 0 aromatic carbocycles. The topological polar surface area (TPSA) is 92.5 Å². The van der Waals surface area contributed by atoms with Gasteiger partial charge in [-0.3, -0.25) is 14.2 Å². The Balaban J connectivity index is 1.54. The van der Waals surface area contributed by atoms with Gasteiger partial charge in [-0.1, -0.05) is 0 Å². The highest BCUT2D eigenvalue weighted by Gasteiger charge is 2.33. The monoisotopic (exact) mass is 375 g/mol. The summed E-state index contributed by atoms with van der Waals surface area (Å²) in [5, 5.41) is 9.92. The fourth-order valence-electron chi connectivity index (χ4n) is 4.02. The number of carboxylic acid groups (broad SMARTS) is 1. The van der Waals surface area contributed by atoms with E-state index in [1.165, 1.54) is 20.7 Å². The molecule has 1 aliphatic heterocycles. The van der Waals surface area contributed by atoms with Crippen LogP contribution >= 0.6 is 11.3 Å². The van der Waals surface area contributed by atoms with Gasteiger partial charge >= 0.3 is 5.97 Å². The summed E-state index contributed by atoms with van der Waals surface area (Å²) in [7, 11) is 0. The predicted octanol–water partition coefficient (Wildman–Crippen LogP) is 1.80. The Morgan fingerprint density at radius 1 is 1.27 bits per heavy atom. The van der Waals surface area contributed by atoms with Gasteiger partial charge in [-0.25, -0.2) is 9.78 Å². The number of carbonyl (C=O) groups excluding carboxylic acids is 1. The maximum atomic E-state index is 12.9. The molecule has 138 valence electrons. The minimum atomic E-state index is -0.957. The zero-order chi connectivity index (χ0) is 18.3. The lowest BCUT2D eigenvalue weighted by Crippen LogP contribution is -2.41. The van der Waals surface area contributed by atoms with E-state index in [4.69, 9.17) is 0 Å². The second kappa shape index (κ2) is 6.83. The van der Waals surface area contributed by atoms with Gasteiger partial charge in [0.1, 0.15) is 10.9 Å². The Bertz CT molecular complexity index is 932. The Morgan fingerprint density at radius 3 is 2.88 bits per heavy atom. The van der Waals surface area contributed by atoms with Gasteiger partial charge in [0.2, 0.25) is 5.91 Å².